The first kappa shape index (κ1) is 16.2. The number of nitrogens with one attached hydrogen (secondary N) is 2. The van der Waals surface area contributed by atoms with E-state index in [0.717, 1.165) is 16.1 Å². The number of carbonyl (C=O) groups is 1. The summed E-state index contributed by atoms with van der Waals surface area (Å²) in [5.41, 5.74) is 3.45. The molecule has 7 nitrogen and oxygen atoms in total. The van der Waals surface area contributed by atoms with Crippen molar-refractivity contribution in [3.05, 3.63) is 71.0 Å². The number of anilines is 1. The van der Waals surface area contributed by atoms with Crippen LogP contribution in [0.5, 0.6) is 0 Å². The van der Waals surface area contributed by atoms with Crippen molar-refractivity contribution in [3.8, 4) is 10.6 Å². The lowest BCUT2D eigenvalue weighted by atomic mass is 10.1. The van der Waals surface area contributed by atoms with Gasteiger partial charge in [0.15, 0.2) is 5.69 Å². The number of aromatic amines is 1. The van der Waals surface area contributed by atoms with Crippen LogP contribution in [-0.4, -0.2) is 30.9 Å². The molecule has 1 amide bonds. The number of aryl methyl sites for hydroxylation is 1. The lowest BCUT2D eigenvalue weighted by Gasteiger charge is -2.04. The zero-order valence-electron chi connectivity index (χ0n) is 14.0. The van der Waals surface area contributed by atoms with Crippen molar-refractivity contribution in [2.24, 2.45) is 0 Å². The third kappa shape index (κ3) is 3.40. The molecule has 0 atom stereocenters. The summed E-state index contributed by atoms with van der Waals surface area (Å²) in [5.74, 6) is -0.0954. The number of nitrogens with zero attached hydrogens (tertiary/aromatic N) is 4. The van der Waals surface area contributed by atoms with Crippen LogP contribution in [0.1, 0.15) is 21.6 Å². The summed E-state index contributed by atoms with van der Waals surface area (Å²) < 4.78 is 1.69. The Morgan fingerprint density at radius 3 is 2.96 bits per heavy atom. The maximum absolute atomic E-state index is 12.3. The maximum Gasteiger partial charge on any atom is 0.278 e. The molecular formula is C18H16N6OS. The maximum atomic E-state index is 12.3. The van der Waals surface area contributed by atoms with Gasteiger partial charge in [-0.3, -0.25) is 15.2 Å². The smallest absolute Gasteiger partial charge is 0.278 e. The highest BCUT2D eigenvalue weighted by molar-refractivity contribution is 7.13. The van der Waals surface area contributed by atoms with Gasteiger partial charge in [0, 0.05) is 0 Å². The monoisotopic (exact) mass is 364 g/mol. The number of hydrogen-bond acceptors (Lipinski definition) is 5. The Morgan fingerprint density at radius 1 is 1.27 bits per heavy atom. The van der Waals surface area contributed by atoms with Crippen molar-refractivity contribution >= 4 is 23.2 Å². The summed E-state index contributed by atoms with van der Waals surface area (Å²) in [6.07, 6.45) is 1.60. The largest absolute Gasteiger partial charge is 0.288 e. The molecule has 0 unspecified atom stereocenters. The molecule has 0 radical (unpaired) electrons. The van der Waals surface area contributed by atoms with E-state index >= 15 is 0 Å². The Kier molecular flexibility index (Phi) is 4.32. The summed E-state index contributed by atoms with van der Waals surface area (Å²) in [6.45, 7) is 2.65. The van der Waals surface area contributed by atoms with E-state index in [0.29, 0.717) is 12.2 Å². The number of hydrogen-bond donors (Lipinski definition) is 2. The van der Waals surface area contributed by atoms with Crippen LogP contribution in [0.3, 0.4) is 0 Å². The highest BCUT2D eigenvalue weighted by Gasteiger charge is 2.14. The molecule has 26 heavy (non-hydrogen) atoms. The molecule has 8 heteroatoms. The van der Waals surface area contributed by atoms with Gasteiger partial charge in [0.25, 0.3) is 5.91 Å². The minimum absolute atomic E-state index is 0.254. The minimum Gasteiger partial charge on any atom is -0.288 e. The van der Waals surface area contributed by atoms with Crippen molar-refractivity contribution in [2.45, 2.75) is 13.5 Å². The van der Waals surface area contributed by atoms with Crippen LogP contribution < -0.4 is 5.32 Å². The van der Waals surface area contributed by atoms with E-state index in [2.05, 4.69) is 38.6 Å². The first-order valence-corrected chi connectivity index (χ1v) is 8.91. The van der Waals surface area contributed by atoms with E-state index in [1.807, 2.05) is 35.7 Å². The van der Waals surface area contributed by atoms with Crippen molar-refractivity contribution in [2.75, 3.05) is 5.32 Å². The van der Waals surface area contributed by atoms with Gasteiger partial charge in [-0.15, -0.1) is 16.4 Å². The average Bonchev–Trinajstić information content (AvgIpc) is 3.38. The molecule has 2 N–H and O–H groups in total. The predicted octanol–water partition coefficient (Wildman–Crippen LogP) is 3.34. The van der Waals surface area contributed by atoms with Gasteiger partial charge in [-0.2, -0.15) is 5.10 Å². The van der Waals surface area contributed by atoms with Crippen LogP contribution in [0.4, 0.5) is 5.95 Å². The molecule has 0 aliphatic carbocycles. The second-order valence-electron chi connectivity index (χ2n) is 5.79. The summed E-state index contributed by atoms with van der Waals surface area (Å²) in [5, 5.41) is 15.9. The third-order valence-electron chi connectivity index (χ3n) is 3.95. The zero-order chi connectivity index (χ0) is 17.9. The molecule has 4 rings (SSSR count). The van der Waals surface area contributed by atoms with Crippen molar-refractivity contribution in [1.82, 2.24) is 25.0 Å². The standard InChI is InChI=1S/C18H16N6OS/c1-12-5-2-3-6-13(12)10-24-11-19-18(23-24)20-17(25)15-9-14(21-22-15)16-7-4-8-26-16/h2-9,11H,10H2,1H3,(H,21,22)(H,20,23,25). The first-order chi connectivity index (χ1) is 12.7. The Balaban J connectivity index is 1.44. The van der Waals surface area contributed by atoms with E-state index in [1.165, 1.54) is 5.56 Å². The molecule has 0 bridgehead atoms. The highest BCUT2D eigenvalue weighted by Crippen LogP contribution is 2.23. The topological polar surface area (TPSA) is 88.5 Å². The van der Waals surface area contributed by atoms with Crippen LogP contribution in [0, 0.1) is 6.92 Å². The second kappa shape index (κ2) is 6.93. The molecule has 3 aromatic heterocycles. The van der Waals surface area contributed by atoms with Crippen LogP contribution >= 0.6 is 11.3 Å². The fourth-order valence-electron chi connectivity index (χ4n) is 2.55. The van der Waals surface area contributed by atoms with Crippen LogP contribution in [0.25, 0.3) is 10.6 Å². The lowest BCUT2D eigenvalue weighted by molar-refractivity contribution is 0.102. The summed E-state index contributed by atoms with van der Waals surface area (Å²) in [4.78, 5) is 17.5. The highest BCUT2D eigenvalue weighted by atomic mass is 32.1. The van der Waals surface area contributed by atoms with Crippen molar-refractivity contribution in [3.63, 3.8) is 0 Å². The Hall–Kier alpha value is -3.26. The molecule has 4 aromatic rings. The molecule has 0 aliphatic rings. The van der Waals surface area contributed by atoms with E-state index in [9.17, 15) is 4.79 Å². The SMILES string of the molecule is Cc1ccccc1Cn1cnc(NC(=O)c2cc(-c3cccs3)[nH]n2)n1. The molecular weight excluding hydrogens is 348 g/mol. The Labute approximate surface area is 153 Å². The number of thiophene rings is 1. The number of rotatable bonds is 5. The number of aromatic nitrogens is 5. The Bertz CT molecular complexity index is 1030. The Morgan fingerprint density at radius 2 is 2.15 bits per heavy atom. The summed E-state index contributed by atoms with van der Waals surface area (Å²) in [6, 6.07) is 13.7. The van der Waals surface area contributed by atoms with E-state index in [1.54, 1.807) is 28.4 Å². The molecule has 0 saturated heterocycles. The molecule has 0 saturated carbocycles. The van der Waals surface area contributed by atoms with E-state index < -0.39 is 0 Å². The summed E-state index contributed by atoms with van der Waals surface area (Å²) in [7, 11) is 0. The fourth-order valence-corrected chi connectivity index (χ4v) is 3.24. The van der Waals surface area contributed by atoms with Crippen LogP contribution in [0.15, 0.2) is 54.2 Å². The average molecular weight is 364 g/mol. The van der Waals surface area contributed by atoms with Gasteiger partial charge in [-0.1, -0.05) is 30.3 Å². The number of H-pyrrole nitrogens is 1. The van der Waals surface area contributed by atoms with Crippen molar-refractivity contribution in [1.29, 1.82) is 0 Å². The first-order valence-electron chi connectivity index (χ1n) is 8.03. The van der Waals surface area contributed by atoms with E-state index in [4.69, 9.17) is 0 Å². The lowest BCUT2D eigenvalue weighted by Crippen LogP contribution is -2.14. The minimum atomic E-state index is -0.349. The van der Waals surface area contributed by atoms with Crippen molar-refractivity contribution < 1.29 is 4.79 Å². The van der Waals surface area contributed by atoms with Crippen LogP contribution in [-0.2, 0) is 6.54 Å². The molecule has 0 fully saturated rings. The van der Waals surface area contributed by atoms with Gasteiger partial charge in [0.2, 0.25) is 5.95 Å². The number of carbonyl (C=O) groups excluding carboxylic acids is 1. The van der Waals surface area contributed by atoms with Gasteiger partial charge >= 0.3 is 0 Å². The quantitative estimate of drug-likeness (QED) is 0.568. The number of benzene rings is 1. The van der Waals surface area contributed by atoms with Gasteiger partial charge in [0.1, 0.15) is 6.33 Å². The zero-order valence-corrected chi connectivity index (χ0v) is 14.8. The van der Waals surface area contributed by atoms with Gasteiger partial charge in [0.05, 0.1) is 17.1 Å². The second-order valence-corrected chi connectivity index (χ2v) is 6.74. The molecule has 1 aromatic carbocycles. The molecule has 0 aliphatic heterocycles. The summed E-state index contributed by atoms with van der Waals surface area (Å²) >= 11 is 1.58. The van der Waals surface area contributed by atoms with Gasteiger partial charge in [-0.25, -0.2) is 9.67 Å². The number of amides is 1. The fraction of sp³-hybridized carbons (Fsp3) is 0.111. The molecule has 130 valence electrons. The van der Waals surface area contributed by atoms with E-state index in [-0.39, 0.29) is 11.9 Å². The van der Waals surface area contributed by atoms with Crippen LogP contribution in [0.2, 0.25) is 0 Å². The molecule has 0 spiro atoms. The molecule has 3 heterocycles. The predicted molar refractivity (Wildman–Crippen MR) is 100 cm³/mol. The van der Waals surface area contributed by atoms with Gasteiger partial charge < -0.3 is 0 Å². The third-order valence-corrected chi connectivity index (χ3v) is 4.86. The van der Waals surface area contributed by atoms with Gasteiger partial charge in [-0.05, 0) is 35.6 Å². The normalized spacial score (nSPS) is 10.8.